The normalized spacial score (nSPS) is 36.6. The molecule has 2 heterocycles. The summed E-state index contributed by atoms with van der Waals surface area (Å²) >= 11 is 1.41. The van der Waals surface area contributed by atoms with Crippen LogP contribution in [-0.4, -0.2) is 35.7 Å². The zero-order valence-electron chi connectivity index (χ0n) is 8.63. The molecule has 4 atom stereocenters. The Balaban J connectivity index is 1.65. The van der Waals surface area contributed by atoms with Gasteiger partial charge in [-0.1, -0.05) is 0 Å². The largest absolute Gasteiger partial charge is 0.376 e. The number of rotatable bonds is 2. The van der Waals surface area contributed by atoms with Crippen LogP contribution >= 0.6 is 11.3 Å². The average Bonchev–Trinajstić information content (AvgIpc) is 2.94. The van der Waals surface area contributed by atoms with E-state index in [9.17, 15) is 4.79 Å². The van der Waals surface area contributed by atoms with Crippen molar-refractivity contribution in [2.24, 2.45) is 11.7 Å². The maximum atomic E-state index is 11.8. The third-order valence-electron chi connectivity index (χ3n) is 3.41. The lowest BCUT2D eigenvalue weighted by molar-refractivity contribution is -0.0161. The van der Waals surface area contributed by atoms with Gasteiger partial charge in [0.25, 0.3) is 5.91 Å². The van der Waals surface area contributed by atoms with Crippen LogP contribution in [0.2, 0.25) is 0 Å². The highest BCUT2D eigenvalue weighted by Crippen LogP contribution is 2.37. The Kier molecular flexibility index (Phi) is 2.42. The Labute approximate surface area is 97.0 Å². The molecule has 2 aliphatic rings. The molecule has 5 nitrogen and oxygen atoms in total. The summed E-state index contributed by atoms with van der Waals surface area (Å²) in [5, 5.41) is 4.62. The fraction of sp³-hybridized carbons (Fsp3) is 0.600. The summed E-state index contributed by atoms with van der Waals surface area (Å²) in [6.45, 7) is 0.756. The van der Waals surface area contributed by atoms with Gasteiger partial charge in [-0.15, -0.1) is 11.3 Å². The van der Waals surface area contributed by atoms with Gasteiger partial charge >= 0.3 is 0 Å². The molecular formula is C10H13N3O2S. The number of aromatic nitrogens is 1. The molecule has 0 radical (unpaired) electrons. The topological polar surface area (TPSA) is 77.2 Å². The fourth-order valence-corrected chi connectivity index (χ4v) is 3.01. The number of fused-ring (bicyclic) bond motifs is 1. The maximum Gasteiger partial charge on any atom is 0.271 e. The highest BCUT2D eigenvalue weighted by Gasteiger charge is 2.52. The number of carbonyl (C=O) groups excluding carboxylic acids is 1. The molecule has 3 N–H and O–H groups in total. The molecule has 1 saturated carbocycles. The van der Waals surface area contributed by atoms with Crippen molar-refractivity contribution < 1.29 is 9.53 Å². The molecule has 16 heavy (non-hydrogen) atoms. The van der Waals surface area contributed by atoms with E-state index in [4.69, 9.17) is 10.5 Å². The van der Waals surface area contributed by atoms with Crippen molar-refractivity contribution in [2.75, 3.05) is 6.61 Å². The van der Waals surface area contributed by atoms with E-state index in [1.807, 2.05) is 0 Å². The van der Waals surface area contributed by atoms with Crippen LogP contribution in [0, 0.1) is 5.92 Å². The van der Waals surface area contributed by atoms with Crippen molar-refractivity contribution in [1.29, 1.82) is 0 Å². The second kappa shape index (κ2) is 3.80. The molecule has 0 aromatic carbocycles. The molecule has 1 aliphatic heterocycles. The predicted molar refractivity (Wildman–Crippen MR) is 59.2 cm³/mol. The van der Waals surface area contributed by atoms with Gasteiger partial charge in [-0.25, -0.2) is 4.98 Å². The van der Waals surface area contributed by atoms with E-state index >= 15 is 0 Å². The lowest BCUT2D eigenvalue weighted by Crippen LogP contribution is -2.68. The quantitative estimate of drug-likeness (QED) is 0.761. The van der Waals surface area contributed by atoms with Gasteiger partial charge in [-0.05, 0) is 6.42 Å². The highest BCUT2D eigenvalue weighted by atomic mass is 32.1. The number of nitrogens with zero attached hydrogens (tertiary/aromatic N) is 1. The van der Waals surface area contributed by atoms with Crippen molar-refractivity contribution in [2.45, 2.75) is 24.6 Å². The van der Waals surface area contributed by atoms with Gasteiger partial charge in [0.1, 0.15) is 5.69 Å². The molecule has 4 unspecified atom stereocenters. The monoisotopic (exact) mass is 239 g/mol. The van der Waals surface area contributed by atoms with Crippen LogP contribution in [0.5, 0.6) is 0 Å². The van der Waals surface area contributed by atoms with Gasteiger partial charge in [0.05, 0.1) is 17.7 Å². The number of nitrogens with one attached hydrogen (secondary N) is 1. The summed E-state index contributed by atoms with van der Waals surface area (Å²) in [7, 11) is 0. The molecule has 1 aromatic heterocycles. The Morgan fingerprint density at radius 2 is 2.56 bits per heavy atom. The predicted octanol–water partition coefficient (Wildman–Crippen LogP) is -0.0125. The number of nitrogens with two attached hydrogens (primary N) is 1. The van der Waals surface area contributed by atoms with E-state index in [0.29, 0.717) is 11.6 Å². The van der Waals surface area contributed by atoms with Crippen LogP contribution in [0.25, 0.3) is 0 Å². The molecule has 0 spiro atoms. The van der Waals surface area contributed by atoms with E-state index in [2.05, 4.69) is 10.3 Å². The number of hydrogen-bond donors (Lipinski definition) is 2. The molecule has 6 heteroatoms. The lowest BCUT2D eigenvalue weighted by Gasteiger charge is -2.45. The molecule has 1 aliphatic carbocycles. The minimum Gasteiger partial charge on any atom is -0.376 e. The van der Waals surface area contributed by atoms with Crippen molar-refractivity contribution in [1.82, 2.24) is 10.3 Å². The van der Waals surface area contributed by atoms with E-state index in [0.717, 1.165) is 13.0 Å². The molecule has 86 valence electrons. The number of hydrogen-bond acceptors (Lipinski definition) is 5. The minimum absolute atomic E-state index is 0.0232. The Hall–Kier alpha value is -0.980. The van der Waals surface area contributed by atoms with Crippen LogP contribution in [0.1, 0.15) is 16.9 Å². The van der Waals surface area contributed by atoms with Gasteiger partial charge < -0.3 is 15.8 Å². The van der Waals surface area contributed by atoms with E-state index in [1.165, 1.54) is 11.3 Å². The summed E-state index contributed by atoms with van der Waals surface area (Å²) < 4.78 is 5.54. The zero-order valence-corrected chi connectivity index (χ0v) is 9.44. The summed E-state index contributed by atoms with van der Waals surface area (Å²) in [4.78, 5) is 15.7. The van der Waals surface area contributed by atoms with Gasteiger partial charge in [0.2, 0.25) is 0 Å². The second-order valence-corrected chi connectivity index (χ2v) is 4.96. The van der Waals surface area contributed by atoms with Crippen molar-refractivity contribution in [3.63, 3.8) is 0 Å². The summed E-state index contributed by atoms with van der Waals surface area (Å²) in [5.41, 5.74) is 8.10. The van der Waals surface area contributed by atoms with Crippen molar-refractivity contribution in [3.8, 4) is 0 Å². The van der Waals surface area contributed by atoms with Gasteiger partial charge in [-0.2, -0.15) is 0 Å². The van der Waals surface area contributed by atoms with Gasteiger partial charge in [0, 0.05) is 23.9 Å². The average molecular weight is 239 g/mol. The Morgan fingerprint density at radius 1 is 1.69 bits per heavy atom. The van der Waals surface area contributed by atoms with Crippen LogP contribution in [-0.2, 0) is 4.74 Å². The highest BCUT2D eigenvalue weighted by molar-refractivity contribution is 7.07. The van der Waals surface area contributed by atoms with Crippen LogP contribution in [0.3, 0.4) is 0 Å². The first-order valence-corrected chi connectivity index (χ1v) is 6.28. The smallest absolute Gasteiger partial charge is 0.271 e. The van der Waals surface area contributed by atoms with Crippen molar-refractivity contribution >= 4 is 17.2 Å². The Morgan fingerprint density at radius 3 is 3.31 bits per heavy atom. The van der Waals surface area contributed by atoms with E-state index in [-0.39, 0.29) is 24.1 Å². The number of thiazole rings is 1. The number of amides is 1. The summed E-state index contributed by atoms with van der Waals surface area (Å²) in [6.07, 6.45) is 1.12. The molecule has 3 rings (SSSR count). The SMILES string of the molecule is NC1C2CCOC2C1NC(=O)c1cscn1. The standard InChI is InChI=1S/C10H13N3O2S/c11-7-5-1-2-15-9(5)8(7)13-10(14)6-3-16-4-12-6/h3-5,7-9H,1-2,11H2,(H,13,14). The van der Waals surface area contributed by atoms with Crippen LogP contribution in [0.15, 0.2) is 10.9 Å². The lowest BCUT2D eigenvalue weighted by atomic mass is 9.72. The molecule has 1 aromatic rings. The number of carbonyl (C=O) groups is 1. The molecule has 1 amide bonds. The first-order valence-electron chi connectivity index (χ1n) is 5.33. The summed E-state index contributed by atoms with van der Waals surface area (Å²) in [5.74, 6) is 0.261. The van der Waals surface area contributed by atoms with Crippen molar-refractivity contribution in [3.05, 3.63) is 16.6 Å². The van der Waals surface area contributed by atoms with Gasteiger partial charge in [-0.3, -0.25) is 4.79 Å². The third kappa shape index (κ3) is 1.45. The molecule has 1 saturated heterocycles. The van der Waals surface area contributed by atoms with Gasteiger partial charge in [0.15, 0.2) is 0 Å². The second-order valence-electron chi connectivity index (χ2n) is 4.24. The van der Waals surface area contributed by atoms with Crippen LogP contribution in [0.4, 0.5) is 0 Å². The fourth-order valence-electron chi connectivity index (χ4n) is 2.48. The zero-order chi connectivity index (χ0) is 11.1. The molecule has 2 fully saturated rings. The van der Waals surface area contributed by atoms with E-state index in [1.54, 1.807) is 10.9 Å². The molecule has 0 bridgehead atoms. The first-order chi connectivity index (χ1) is 7.77. The maximum absolute atomic E-state index is 11.8. The van der Waals surface area contributed by atoms with Crippen LogP contribution < -0.4 is 11.1 Å². The third-order valence-corrected chi connectivity index (χ3v) is 4.00. The first kappa shape index (κ1) is 10.2. The van der Waals surface area contributed by atoms with E-state index < -0.39 is 0 Å². The Bertz CT molecular complexity index is 395. The molecular weight excluding hydrogens is 226 g/mol. The minimum atomic E-state index is -0.157. The number of ether oxygens (including phenoxy) is 1. The summed E-state index contributed by atoms with van der Waals surface area (Å²) in [6, 6.07) is -0.0308.